The van der Waals surface area contributed by atoms with Gasteiger partial charge in [-0.3, -0.25) is 11.3 Å². The Labute approximate surface area is 109 Å². The van der Waals surface area contributed by atoms with E-state index in [0.29, 0.717) is 5.92 Å². The van der Waals surface area contributed by atoms with Crippen LogP contribution in [0.5, 0.6) is 0 Å². The molecule has 1 fully saturated rings. The Morgan fingerprint density at radius 1 is 1.17 bits per heavy atom. The third-order valence-corrected chi connectivity index (χ3v) is 5.07. The quantitative estimate of drug-likeness (QED) is 0.638. The van der Waals surface area contributed by atoms with E-state index in [1.807, 2.05) is 13.0 Å². The Morgan fingerprint density at radius 3 is 2.11 bits per heavy atom. The molecule has 1 unspecified atom stereocenters. The fourth-order valence-electron chi connectivity index (χ4n) is 3.41. The molecule has 0 heterocycles. The van der Waals surface area contributed by atoms with Crippen molar-refractivity contribution in [1.82, 2.24) is 5.43 Å². The average Bonchev–Trinajstić information content (AvgIpc) is 2.61. The molecule has 0 spiro atoms. The van der Waals surface area contributed by atoms with E-state index in [4.69, 9.17) is 5.84 Å². The number of aryl methyl sites for hydroxylation is 1. The van der Waals surface area contributed by atoms with Gasteiger partial charge in [0.1, 0.15) is 5.82 Å². The molecule has 3 heteroatoms. The molecule has 100 valence electrons. The highest BCUT2D eigenvalue weighted by atomic mass is 19.1. The van der Waals surface area contributed by atoms with Crippen molar-refractivity contribution in [3.05, 3.63) is 35.1 Å². The van der Waals surface area contributed by atoms with Crippen molar-refractivity contribution < 1.29 is 4.39 Å². The monoisotopic (exact) mass is 250 g/mol. The molecule has 1 atom stereocenters. The van der Waals surface area contributed by atoms with Crippen molar-refractivity contribution >= 4 is 0 Å². The maximum absolute atomic E-state index is 13.5. The summed E-state index contributed by atoms with van der Waals surface area (Å²) in [6.45, 7) is 10.9. The van der Waals surface area contributed by atoms with Gasteiger partial charge < -0.3 is 0 Å². The number of hydrogen-bond donors (Lipinski definition) is 2. The average molecular weight is 250 g/mol. The van der Waals surface area contributed by atoms with E-state index < -0.39 is 0 Å². The Kier molecular flexibility index (Phi) is 3.03. The van der Waals surface area contributed by atoms with E-state index in [1.54, 1.807) is 12.1 Å². The number of rotatable bonds is 3. The topological polar surface area (TPSA) is 38.0 Å². The summed E-state index contributed by atoms with van der Waals surface area (Å²) in [5, 5.41) is 0. The lowest BCUT2D eigenvalue weighted by molar-refractivity contribution is 0.415. The molecule has 2 nitrogen and oxygen atoms in total. The predicted molar refractivity (Wildman–Crippen MR) is 72.3 cm³/mol. The van der Waals surface area contributed by atoms with Gasteiger partial charge in [0.15, 0.2) is 0 Å². The van der Waals surface area contributed by atoms with Gasteiger partial charge in [0.05, 0.1) is 0 Å². The Balaban J connectivity index is 2.36. The van der Waals surface area contributed by atoms with E-state index in [-0.39, 0.29) is 22.7 Å². The van der Waals surface area contributed by atoms with Crippen molar-refractivity contribution in [3.63, 3.8) is 0 Å². The van der Waals surface area contributed by atoms with Crippen LogP contribution in [0.1, 0.15) is 44.9 Å². The first kappa shape index (κ1) is 13.5. The van der Waals surface area contributed by atoms with Crippen molar-refractivity contribution in [2.24, 2.45) is 22.6 Å². The van der Waals surface area contributed by atoms with E-state index in [1.165, 1.54) is 0 Å². The van der Waals surface area contributed by atoms with E-state index >= 15 is 0 Å². The van der Waals surface area contributed by atoms with Gasteiger partial charge >= 0.3 is 0 Å². The van der Waals surface area contributed by atoms with Crippen LogP contribution in [0, 0.1) is 29.5 Å². The minimum atomic E-state index is -0.193. The Morgan fingerprint density at radius 2 is 1.72 bits per heavy atom. The summed E-state index contributed by atoms with van der Waals surface area (Å²) in [6, 6.07) is 5.14. The highest BCUT2D eigenvalue weighted by Crippen LogP contribution is 2.72. The third kappa shape index (κ3) is 1.86. The summed E-state index contributed by atoms with van der Waals surface area (Å²) in [4.78, 5) is 0. The van der Waals surface area contributed by atoms with Crippen molar-refractivity contribution in [2.75, 3.05) is 0 Å². The van der Waals surface area contributed by atoms with Crippen molar-refractivity contribution in [3.8, 4) is 0 Å². The Bertz CT molecular complexity index is 431. The highest BCUT2D eigenvalue weighted by Gasteiger charge is 2.67. The predicted octanol–water partition coefficient (Wildman–Crippen LogP) is 3.32. The summed E-state index contributed by atoms with van der Waals surface area (Å²) >= 11 is 0. The van der Waals surface area contributed by atoms with Crippen LogP contribution in [0.2, 0.25) is 0 Å². The van der Waals surface area contributed by atoms with Crippen LogP contribution in [0.15, 0.2) is 18.2 Å². The van der Waals surface area contributed by atoms with E-state index in [2.05, 4.69) is 33.1 Å². The molecule has 1 aliphatic rings. The summed E-state index contributed by atoms with van der Waals surface area (Å²) < 4.78 is 13.5. The van der Waals surface area contributed by atoms with Crippen LogP contribution in [0.4, 0.5) is 4.39 Å². The van der Waals surface area contributed by atoms with Crippen LogP contribution < -0.4 is 11.3 Å². The summed E-state index contributed by atoms with van der Waals surface area (Å²) in [6.07, 6.45) is 0. The molecule has 1 aromatic rings. The molecule has 0 radical (unpaired) electrons. The smallest absolute Gasteiger partial charge is 0.123 e. The first-order valence-corrected chi connectivity index (χ1v) is 6.45. The van der Waals surface area contributed by atoms with Gasteiger partial charge in [0.2, 0.25) is 0 Å². The fourth-order valence-corrected chi connectivity index (χ4v) is 3.41. The number of nitrogens with one attached hydrogen (secondary N) is 1. The number of halogens is 1. The first-order valence-electron chi connectivity index (χ1n) is 6.45. The molecule has 18 heavy (non-hydrogen) atoms. The van der Waals surface area contributed by atoms with Crippen LogP contribution in [-0.4, -0.2) is 0 Å². The van der Waals surface area contributed by atoms with Gasteiger partial charge in [-0.1, -0.05) is 33.8 Å². The standard InChI is InChI=1S/C15H23FN2/c1-9-6-10(8-11(16)7-9)12(18-17)13-14(2,3)15(13,4)5/h6-8,12-13,18H,17H2,1-5H3. The molecule has 0 bridgehead atoms. The van der Waals surface area contributed by atoms with Gasteiger partial charge in [0.25, 0.3) is 0 Å². The number of hydrazine groups is 1. The second kappa shape index (κ2) is 4.04. The third-order valence-electron chi connectivity index (χ3n) is 5.07. The second-order valence-electron chi connectivity index (χ2n) is 6.63. The van der Waals surface area contributed by atoms with Crippen molar-refractivity contribution in [1.29, 1.82) is 0 Å². The maximum atomic E-state index is 13.5. The van der Waals surface area contributed by atoms with Gasteiger partial charge in [-0.2, -0.15) is 0 Å². The van der Waals surface area contributed by atoms with Gasteiger partial charge in [-0.15, -0.1) is 0 Å². The summed E-state index contributed by atoms with van der Waals surface area (Å²) in [5.41, 5.74) is 5.18. The minimum Gasteiger partial charge on any atom is -0.271 e. The zero-order chi connectivity index (χ0) is 13.7. The van der Waals surface area contributed by atoms with Crippen LogP contribution in [0.25, 0.3) is 0 Å². The zero-order valence-electron chi connectivity index (χ0n) is 11.8. The van der Waals surface area contributed by atoms with Crippen LogP contribution in [-0.2, 0) is 0 Å². The van der Waals surface area contributed by atoms with Gasteiger partial charge in [0, 0.05) is 6.04 Å². The van der Waals surface area contributed by atoms with Gasteiger partial charge in [-0.25, -0.2) is 4.39 Å². The Hall–Kier alpha value is -0.930. The van der Waals surface area contributed by atoms with Crippen LogP contribution in [0.3, 0.4) is 0 Å². The zero-order valence-corrected chi connectivity index (χ0v) is 11.8. The normalized spacial score (nSPS) is 22.8. The molecule has 2 rings (SSSR count). The fraction of sp³-hybridized carbons (Fsp3) is 0.600. The molecule has 0 amide bonds. The van der Waals surface area contributed by atoms with E-state index in [9.17, 15) is 4.39 Å². The second-order valence-corrected chi connectivity index (χ2v) is 6.63. The van der Waals surface area contributed by atoms with E-state index in [0.717, 1.165) is 11.1 Å². The molecule has 3 N–H and O–H groups in total. The largest absolute Gasteiger partial charge is 0.271 e. The van der Waals surface area contributed by atoms with Crippen LogP contribution >= 0.6 is 0 Å². The van der Waals surface area contributed by atoms with Crippen molar-refractivity contribution in [2.45, 2.75) is 40.7 Å². The highest BCUT2D eigenvalue weighted by molar-refractivity contribution is 5.31. The molecule has 0 aliphatic heterocycles. The molecule has 0 aromatic heterocycles. The molecule has 1 aliphatic carbocycles. The number of hydrogen-bond acceptors (Lipinski definition) is 2. The first-order chi connectivity index (χ1) is 8.21. The molecule has 0 saturated heterocycles. The number of benzene rings is 1. The SMILES string of the molecule is Cc1cc(F)cc(C(NN)C2C(C)(C)C2(C)C)c1. The lowest BCUT2D eigenvalue weighted by Gasteiger charge is -2.19. The molecular weight excluding hydrogens is 227 g/mol. The molecule has 1 aromatic carbocycles. The van der Waals surface area contributed by atoms with Gasteiger partial charge in [-0.05, 0) is 46.9 Å². The summed E-state index contributed by atoms with van der Waals surface area (Å²) in [5.74, 6) is 5.94. The minimum absolute atomic E-state index is 0.00407. The number of nitrogens with two attached hydrogens (primary N) is 1. The lowest BCUT2D eigenvalue weighted by atomic mass is 9.96. The molecule has 1 saturated carbocycles. The maximum Gasteiger partial charge on any atom is 0.123 e. The lowest BCUT2D eigenvalue weighted by Crippen LogP contribution is -2.31. The molecular formula is C15H23FN2. The summed E-state index contributed by atoms with van der Waals surface area (Å²) in [7, 11) is 0.